The van der Waals surface area contributed by atoms with Gasteiger partial charge in [-0.15, -0.1) is 5.10 Å². The molecule has 8 heteroatoms. The molecule has 1 aromatic heterocycles. The monoisotopic (exact) mass is 401 g/mol. The summed E-state index contributed by atoms with van der Waals surface area (Å²) in [6, 6.07) is 7.35. The van der Waals surface area contributed by atoms with Crippen LogP contribution in [-0.2, 0) is 4.79 Å². The van der Waals surface area contributed by atoms with E-state index in [0.29, 0.717) is 29.0 Å². The quantitative estimate of drug-likeness (QED) is 0.491. The Bertz CT molecular complexity index is 860. The van der Waals surface area contributed by atoms with Crippen molar-refractivity contribution in [2.45, 2.75) is 51.2 Å². The molecule has 3 N–H and O–H groups in total. The first-order valence-corrected chi connectivity index (χ1v) is 10.6. The first-order chi connectivity index (χ1) is 13.5. The number of carbonyl (C=O) groups is 1. The predicted octanol–water partition coefficient (Wildman–Crippen LogP) is 3.73. The summed E-state index contributed by atoms with van der Waals surface area (Å²) < 4.78 is 7.54. The van der Waals surface area contributed by atoms with Crippen LogP contribution in [0, 0.1) is 0 Å². The summed E-state index contributed by atoms with van der Waals surface area (Å²) in [5.74, 6) is 1.83. The molecule has 2 aromatic rings. The molecule has 1 aliphatic heterocycles. The number of nitrogens with one attached hydrogen (secondary N) is 1. The lowest BCUT2D eigenvalue weighted by Crippen LogP contribution is -2.31. The van der Waals surface area contributed by atoms with Gasteiger partial charge in [0.1, 0.15) is 11.8 Å². The summed E-state index contributed by atoms with van der Waals surface area (Å²) in [4.78, 5) is 16.7. The van der Waals surface area contributed by atoms with Crippen LogP contribution >= 0.6 is 11.8 Å². The molecule has 0 fully saturated rings. The Hall–Kier alpha value is -2.48. The van der Waals surface area contributed by atoms with Crippen LogP contribution in [0.1, 0.15) is 51.6 Å². The maximum Gasteiger partial charge on any atom is 0.248 e. The van der Waals surface area contributed by atoms with Crippen molar-refractivity contribution < 1.29 is 9.53 Å². The maximum atomic E-state index is 12.2. The summed E-state index contributed by atoms with van der Waals surface area (Å²) >= 11 is 1.55. The molecule has 150 valence electrons. The van der Waals surface area contributed by atoms with E-state index in [1.807, 2.05) is 38.1 Å². The van der Waals surface area contributed by atoms with Gasteiger partial charge in [-0.25, -0.2) is 4.68 Å². The highest BCUT2D eigenvalue weighted by Crippen LogP contribution is 2.36. The third-order valence-corrected chi connectivity index (χ3v) is 5.30. The largest absolute Gasteiger partial charge is 0.494 e. The third kappa shape index (κ3) is 4.32. The van der Waals surface area contributed by atoms with E-state index in [4.69, 9.17) is 10.5 Å². The second-order valence-corrected chi connectivity index (χ2v) is 7.88. The zero-order chi connectivity index (χ0) is 20.1. The SMILES string of the molecule is CCCCCOc1ccc(C2C(C(N)=O)=C(C)Nc3nc(SCC)nn32)cc1. The molecular weight excluding hydrogens is 374 g/mol. The normalized spacial score (nSPS) is 15.9. The van der Waals surface area contributed by atoms with E-state index in [2.05, 4.69) is 22.3 Å². The molecule has 0 radical (unpaired) electrons. The van der Waals surface area contributed by atoms with Crippen molar-refractivity contribution in [3.63, 3.8) is 0 Å². The van der Waals surface area contributed by atoms with Crippen LogP contribution in [0.15, 0.2) is 40.7 Å². The molecule has 0 bridgehead atoms. The van der Waals surface area contributed by atoms with Crippen LogP contribution in [0.2, 0.25) is 0 Å². The van der Waals surface area contributed by atoms with Gasteiger partial charge >= 0.3 is 0 Å². The molecule has 1 unspecified atom stereocenters. The zero-order valence-corrected chi connectivity index (χ0v) is 17.4. The molecule has 1 aliphatic rings. The van der Waals surface area contributed by atoms with Crippen molar-refractivity contribution in [2.24, 2.45) is 5.73 Å². The number of amides is 1. The number of benzene rings is 1. The molecule has 1 aromatic carbocycles. The van der Waals surface area contributed by atoms with Gasteiger partial charge in [0.15, 0.2) is 0 Å². The minimum atomic E-state index is -0.472. The van der Waals surface area contributed by atoms with Gasteiger partial charge in [0.2, 0.25) is 17.0 Å². The molecule has 2 heterocycles. The van der Waals surface area contributed by atoms with Crippen LogP contribution in [-0.4, -0.2) is 33.0 Å². The standard InChI is InChI=1S/C20H27N5O2S/c1-4-6-7-12-27-15-10-8-14(9-11-15)17-16(18(21)26)13(3)22-19-23-20(28-5-2)24-25(17)19/h8-11,17H,4-7,12H2,1-3H3,(H2,21,26)(H,22,23,24). The van der Waals surface area contributed by atoms with Gasteiger partial charge in [0.25, 0.3) is 0 Å². The highest BCUT2D eigenvalue weighted by Gasteiger charge is 2.33. The minimum Gasteiger partial charge on any atom is -0.494 e. The average Bonchev–Trinajstić information content (AvgIpc) is 3.06. The molecule has 1 atom stereocenters. The lowest BCUT2D eigenvalue weighted by atomic mass is 9.95. The van der Waals surface area contributed by atoms with E-state index in [0.717, 1.165) is 36.3 Å². The maximum absolute atomic E-state index is 12.2. The second-order valence-electron chi connectivity index (χ2n) is 6.65. The van der Waals surface area contributed by atoms with Crippen molar-refractivity contribution in [3.8, 4) is 5.75 Å². The number of rotatable bonds is 9. The number of aromatic nitrogens is 3. The van der Waals surface area contributed by atoms with Gasteiger partial charge in [-0.05, 0) is 36.8 Å². The molecule has 0 spiro atoms. The molecular formula is C20H27N5O2S. The summed E-state index contributed by atoms with van der Waals surface area (Å²) in [6.45, 7) is 6.76. The molecule has 1 amide bonds. The number of carbonyl (C=O) groups excluding carboxylic acids is 1. The lowest BCUT2D eigenvalue weighted by Gasteiger charge is -2.27. The van der Waals surface area contributed by atoms with Crippen molar-refractivity contribution in [3.05, 3.63) is 41.1 Å². The highest BCUT2D eigenvalue weighted by molar-refractivity contribution is 7.99. The first kappa shape index (κ1) is 20.3. The smallest absolute Gasteiger partial charge is 0.248 e. The number of anilines is 1. The van der Waals surface area contributed by atoms with E-state index in [1.54, 1.807) is 16.4 Å². The number of nitrogens with zero attached hydrogens (tertiary/aromatic N) is 3. The van der Waals surface area contributed by atoms with Gasteiger partial charge in [0, 0.05) is 5.70 Å². The van der Waals surface area contributed by atoms with Crippen LogP contribution in [0.4, 0.5) is 5.95 Å². The van der Waals surface area contributed by atoms with Crippen molar-refractivity contribution in [1.82, 2.24) is 14.8 Å². The Morgan fingerprint density at radius 2 is 2.04 bits per heavy atom. The number of fused-ring (bicyclic) bond motifs is 1. The number of thioether (sulfide) groups is 1. The van der Waals surface area contributed by atoms with E-state index >= 15 is 0 Å². The van der Waals surface area contributed by atoms with Gasteiger partial charge < -0.3 is 15.8 Å². The second kappa shape index (κ2) is 9.14. The molecule has 0 saturated carbocycles. The lowest BCUT2D eigenvalue weighted by molar-refractivity contribution is -0.115. The number of unbranched alkanes of at least 4 members (excludes halogenated alkanes) is 2. The van der Waals surface area contributed by atoms with Gasteiger partial charge in [-0.2, -0.15) is 4.98 Å². The summed E-state index contributed by atoms with van der Waals surface area (Å²) in [5.41, 5.74) is 7.80. The van der Waals surface area contributed by atoms with E-state index in [1.165, 1.54) is 0 Å². The van der Waals surface area contributed by atoms with Crippen molar-refractivity contribution in [1.29, 1.82) is 0 Å². The summed E-state index contributed by atoms with van der Waals surface area (Å²) in [7, 11) is 0. The van der Waals surface area contributed by atoms with E-state index < -0.39 is 11.9 Å². The number of ether oxygens (including phenoxy) is 1. The molecule has 7 nitrogen and oxygen atoms in total. The third-order valence-electron chi connectivity index (χ3n) is 4.58. The number of primary amides is 1. The number of nitrogens with two attached hydrogens (primary N) is 1. The van der Waals surface area contributed by atoms with E-state index in [9.17, 15) is 4.79 Å². The fraction of sp³-hybridized carbons (Fsp3) is 0.450. The van der Waals surface area contributed by atoms with Crippen LogP contribution in [0.25, 0.3) is 0 Å². The molecule has 0 aliphatic carbocycles. The Morgan fingerprint density at radius 1 is 1.29 bits per heavy atom. The van der Waals surface area contributed by atoms with Gasteiger partial charge in [0.05, 0.1) is 12.2 Å². The summed E-state index contributed by atoms with van der Waals surface area (Å²) in [5, 5.41) is 8.41. The fourth-order valence-electron chi connectivity index (χ4n) is 3.24. The molecule has 3 rings (SSSR count). The Kier molecular flexibility index (Phi) is 6.61. The average molecular weight is 402 g/mol. The number of hydrogen-bond acceptors (Lipinski definition) is 6. The fourth-order valence-corrected chi connectivity index (χ4v) is 3.79. The van der Waals surface area contributed by atoms with Crippen LogP contribution in [0.5, 0.6) is 5.75 Å². The zero-order valence-electron chi connectivity index (χ0n) is 16.6. The topological polar surface area (TPSA) is 95.1 Å². The number of hydrogen-bond donors (Lipinski definition) is 2. The first-order valence-electron chi connectivity index (χ1n) is 9.64. The summed E-state index contributed by atoms with van der Waals surface area (Å²) in [6.07, 6.45) is 3.37. The predicted molar refractivity (Wildman–Crippen MR) is 112 cm³/mol. The Balaban J connectivity index is 1.90. The van der Waals surface area contributed by atoms with E-state index in [-0.39, 0.29) is 0 Å². The minimum absolute atomic E-state index is 0.415. The van der Waals surface area contributed by atoms with Gasteiger partial charge in [-0.1, -0.05) is 50.6 Å². The number of allylic oxidation sites excluding steroid dienone is 1. The van der Waals surface area contributed by atoms with Crippen LogP contribution in [0.3, 0.4) is 0 Å². The van der Waals surface area contributed by atoms with Gasteiger partial charge in [-0.3, -0.25) is 4.79 Å². The Labute approximate surface area is 169 Å². The van der Waals surface area contributed by atoms with Crippen molar-refractivity contribution >= 4 is 23.6 Å². The highest BCUT2D eigenvalue weighted by atomic mass is 32.2. The Morgan fingerprint density at radius 3 is 2.68 bits per heavy atom. The van der Waals surface area contributed by atoms with Crippen LogP contribution < -0.4 is 15.8 Å². The molecule has 0 saturated heterocycles. The van der Waals surface area contributed by atoms with Crippen molar-refractivity contribution in [2.75, 3.05) is 17.7 Å². The molecule has 28 heavy (non-hydrogen) atoms.